The monoisotopic (exact) mass is 279 g/mol. The van der Waals surface area contributed by atoms with E-state index in [1.54, 1.807) is 6.92 Å². The van der Waals surface area contributed by atoms with Crippen molar-refractivity contribution in [2.24, 2.45) is 11.8 Å². The van der Waals surface area contributed by atoms with Gasteiger partial charge in [0.2, 0.25) is 5.91 Å². The lowest BCUT2D eigenvalue weighted by Gasteiger charge is -2.18. The van der Waals surface area contributed by atoms with Gasteiger partial charge in [-0.1, -0.05) is 6.08 Å². The number of methoxy groups -OCH3 is 1. The lowest BCUT2D eigenvalue weighted by Crippen LogP contribution is -2.41. The van der Waals surface area contributed by atoms with Crippen molar-refractivity contribution in [3.8, 4) is 0 Å². The van der Waals surface area contributed by atoms with Crippen molar-refractivity contribution < 1.29 is 19.4 Å². The van der Waals surface area contributed by atoms with Crippen LogP contribution < -0.4 is 5.32 Å². The molecule has 110 valence electrons. The Morgan fingerprint density at radius 2 is 2.20 bits per heavy atom. The molecule has 0 aromatic carbocycles. The third-order valence-corrected chi connectivity index (χ3v) is 4.45. The molecule has 0 saturated heterocycles. The summed E-state index contributed by atoms with van der Waals surface area (Å²) in [6.45, 7) is 7.35. The summed E-state index contributed by atoms with van der Waals surface area (Å²) in [4.78, 5) is 24.2. The van der Waals surface area contributed by atoms with Crippen LogP contribution in [0, 0.1) is 11.8 Å². The first-order valence-corrected chi connectivity index (χ1v) is 6.75. The van der Waals surface area contributed by atoms with Crippen LogP contribution in [-0.2, 0) is 14.3 Å². The van der Waals surface area contributed by atoms with Crippen LogP contribution in [-0.4, -0.2) is 35.7 Å². The van der Waals surface area contributed by atoms with Gasteiger partial charge in [0.05, 0.1) is 24.7 Å². The number of aliphatic hydroxyl groups excluding tert-OH is 1. The average Bonchev–Trinajstić information content (AvgIpc) is 2.96. The number of carbonyl (C=O) groups excluding carboxylic acids is 2. The summed E-state index contributed by atoms with van der Waals surface area (Å²) in [5, 5.41) is 12.8. The van der Waals surface area contributed by atoms with Gasteiger partial charge in [-0.05, 0) is 32.3 Å². The van der Waals surface area contributed by atoms with Crippen molar-refractivity contribution in [1.82, 2.24) is 5.32 Å². The van der Waals surface area contributed by atoms with Gasteiger partial charge in [0.25, 0.3) is 0 Å². The molecule has 2 N–H and O–H groups in total. The summed E-state index contributed by atoms with van der Waals surface area (Å²) in [7, 11) is 1.28. The van der Waals surface area contributed by atoms with E-state index in [1.165, 1.54) is 7.11 Å². The Balaban J connectivity index is 2.14. The van der Waals surface area contributed by atoms with E-state index in [-0.39, 0.29) is 29.4 Å². The van der Waals surface area contributed by atoms with Gasteiger partial charge >= 0.3 is 5.97 Å². The molecule has 1 amide bonds. The molecule has 0 bridgehead atoms. The molecule has 1 fully saturated rings. The first-order chi connectivity index (χ1) is 9.34. The Hall–Kier alpha value is -1.62. The van der Waals surface area contributed by atoms with Crippen molar-refractivity contribution in [2.45, 2.75) is 38.3 Å². The summed E-state index contributed by atoms with van der Waals surface area (Å²) >= 11 is 0. The molecule has 0 heterocycles. The van der Waals surface area contributed by atoms with Crippen molar-refractivity contribution >= 4 is 11.9 Å². The first-order valence-electron chi connectivity index (χ1n) is 6.75. The van der Waals surface area contributed by atoms with Gasteiger partial charge < -0.3 is 15.2 Å². The van der Waals surface area contributed by atoms with Crippen LogP contribution in [0.4, 0.5) is 0 Å². The van der Waals surface area contributed by atoms with E-state index < -0.39 is 18.0 Å². The number of nitrogens with one attached hydrogen (secondary N) is 1. The highest BCUT2D eigenvalue weighted by atomic mass is 16.5. The summed E-state index contributed by atoms with van der Waals surface area (Å²) in [6.07, 6.45) is 2.15. The van der Waals surface area contributed by atoms with E-state index in [1.807, 2.05) is 13.0 Å². The number of amides is 1. The molecule has 5 nitrogen and oxygen atoms in total. The van der Waals surface area contributed by atoms with Crippen LogP contribution in [0.3, 0.4) is 0 Å². The lowest BCUT2D eigenvalue weighted by atomic mass is 9.99. The molecule has 2 aliphatic carbocycles. The maximum absolute atomic E-state index is 12.4. The minimum absolute atomic E-state index is 0.229. The quantitative estimate of drug-likeness (QED) is 0.593. The summed E-state index contributed by atoms with van der Waals surface area (Å²) in [5.74, 6) is -1.14. The van der Waals surface area contributed by atoms with E-state index >= 15 is 0 Å². The lowest BCUT2D eigenvalue weighted by molar-refractivity contribution is -0.138. The molecule has 0 radical (unpaired) electrons. The molecule has 20 heavy (non-hydrogen) atoms. The summed E-state index contributed by atoms with van der Waals surface area (Å²) in [6, 6.07) is 0. The molecule has 0 aromatic rings. The van der Waals surface area contributed by atoms with Gasteiger partial charge in [0.1, 0.15) is 0 Å². The highest BCUT2D eigenvalue weighted by Crippen LogP contribution is 2.44. The number of hydrogen-bond acceptors (Lipinski definition) is 4. The number of aliphatic hydroxyl groups is 1. The number of hydrogen-bond donors (Lipinski definition) is 2. The highest BCUT2D eigenvalue weighted by molar-refractivity contribution is 5.99. The molecule has 0 spiro atoms. The van der Waals surface area contributed by atoms with Crippen LogP contribution >= 0.6 is 0 Å². The molecule has 0 aliphatic heterocycles. The fourth-order valence-electron chi connectivity index (χ4n) is 2.88. The summed E-state index contributed by atoms with van der Waals surface area (Å²) < 4.78 is 4.72. The van der Waals surface area contributed by atoms with E-state index in [2.05, 4.69) is 11.9 Å². The Morgan fingerprint density at radius 1 is 1.55 bits per heavy atom. The van der Waals surface area contributed by atoms with E-state index in [0.717, 1.165) is 6.42 Å². The van der Waals surface area contributed by atoms with Crippen molar-refractivity contribution in [3.05, 3.63) is 23.8 Å². The number of esters is 1. The third-order valence-electron chi connectivity index (χ3n) is 4.45. The second-order valence-electron chi connectivity index (χ2n) is 5.85. The van der Waals surface area contributed by atoms with Gasteiger partial charge in [-0.3, -0.25) is 4.79 Å². The molecule has 2 aliphatic rings. The largest absolute Gasteiger partial charge is 0.466 e. The van der Waals surface area contributed by atoms with Crippen molar-refractivity contribution in [1.29, 1.82) is 0 Å². The SMILES string of the molecule is C=CC1CC1(C)NC(=O)C1CC(O)C(C)=C1C(=O)OC. The molecule has 4 atom stereocenters. The minimum atomic E-state index is -0.762. The van der Waals surface area contributed by atoms with E-state index in [4.69, 9.17) is 4.74 Å². The molecular formula is C15H21NO4. The Morgan fingerprint density at radius 3 is 2.70 bits per heavy atom. The fraction of sp³-hybridized carbons (Fsp3) is 0.600. The topological polar surface area (TPSA) is 75.6 Å². The third kappa shape index (κ3) is 2.38. The van der Waals surface area contributed by atoms with Gasteiger partial charge in [-0.25, -0.2) is 4.79 Å². The number of carbonyl (C=O) groups is 2. The first kappa shape index (κ1) is 14.8. The maximum atomic E-state index is 12.4. The van der Waals surface area contributed by atoms with Crippen LogP contribution in [0.25, 0.3) is 0 Å². The van der Waals surface area contributed by atoms with Crippen molar-refractivity contribution in [3.63, 3.8) is 0 Å². The van der Waals surface area contributed by atoms with Crippen LogP contribution in [0.1, 0.15) is 26.7 Å². The zero-order chi connectivity index (χ0) is 15.1. The highest BCUT2D eigenvalue weighted by Gasteiger charge is 2.51. The smallest absolute Gasteiger partial charge is 0.334 e. The van der Waals surface area contributed by atoms with Gasteiger partial charge in [0, 0.05) is 11.5 Å². The molecular weight excluding hydrogens is 258 g/mol. The predicted molar refractivity (Wildman–Crippen MR) is 73.7 cm³/mol. The van der Waals surface area contributed by atoms with Gasteiger partial charge in [-0.2, -0.15) is 0 Å². The molecule has 5 heteroatoms. The van der Waals surface area contributed by atoms with E-state index in [9.17, 15) is 14.7 Å². The normalized spacial score (nSPS) is 35.7. The Kier molecular flexibility index (Phi) is 3.73. The average molecular weight is 279 g/mol. The molecule has 1 saturated carbocycles. The van der Waals surface area contributed by atoms with Crippen molar-refractivity contribution in [2.75, 3.05) is 7.11 Å². The predicted octanol–water partition coefficient (Wildman–Crippen LogP) is 0.937. The molecule has 2 rings (SSSR count). The number of ether oxygens (including phenoxy) is 1. The molecule has 4 unspecified atom stereocenters. The standard InChI is InChI=1S/C15H21NO4/c1-5-9-7-15(9,3)16-13(18)10-6-11(17)8(2)12(10)14(19)20-4/h5,9-11,17H,1,6-7H2,2-4H3,(H,16,18). The zero-order valence-electron chi connectivity index (χ0n) is 12.1. The van der Waals surface area contributed by atoms with E-state index in [0.29, 0.717) is 5.57 Å². The minimum Gasteiger partial charge on any atom is -0.466 e. The second-order valence-corrected chi connectivity index (χ2v) is 5.85. The van der Waals surface area contributed by atoms with Crippen LogP contribution in [0.2, 0.25) is 0 Å². The fourth-order valence-corrected chi connectivity index (χ4v) is 2.88. The number of rotatable bonds is 4. The maximum Gasteiger partial charge on any atom is 0.334 e. The summed E-state index contributed by atoms with van der Waals surface area (Å²) in [5.41, 5.74) is 0.539. The molecule has 0 aromatic heterocycles. The van der Waals surface area contributed by atoms with Crippen LogP contribution in [0.5, 0.6) is 0 Å². The van der Waals surface area contributed by atoms with Gasteiger partial charge in [-0.15, -0.1) is 6.58 Å². The second kappa shape index (κ2) is 5.05. The Labute approximate surface area is 118 Å². The van der Waals surface area contributed by atoms with Crippen LogP contribution in [0.15, 0.2) is 23.8 Å². The van der Waals surface area contributed by atoms with Gasteiger partial charge in [0.15, 0.2) is 0 Å². The zero-order valence-corrected chi connectivity index (χ0v) is 12.1. The Bertz CT molecular complexity index is 496.